The third kappa shape index (κ3) is 5.16. The van der Waals surface area contributed by atoms with Crippen molar-refractivity contribution in [1.82, 2.24) is 10.2 Å². The summed E-state index contributed by atoms with van der Waals surface area (Å²) >= 11 is 0. The lowest BCUT2D eigenvalue weighted by Gasteiger charge is -2.13. The van der Waals surface area contributed by atoms with E-state index in [1.165, 1.54) is 0 Å². The Morgan fingerprint density at radius 2 is 1.76 bits per heavy atom. The quantitative estimate of drug-likeness (QED) is 0.550. The molecule has 0 saturated heterocycles. The van der Waals surface area contributed by atoms with E-state index in [9.17, 15) is 4.79 Å². The lowest BCUT2D eigenvalue weighted by atomic mass is 10.0. The van der Waals surface area contributed by atoms with Crippen molar-refractivity contribution >= 4 is 11.7 Å². The normalized spacial score (nSPS) is 10.6. The number of nitrogens with one attached hydrogen (secondary N) is 2. The van der Waals surface area contributed by atoms with Gasteiger partial charge < -0.3 is 14.8 Å². The first-order chi connectivity index (χ1) is 14.1. The van der Waals surface area contributed by atoms with Gasteiger partial charge in [-0.05, 0) is 50.5 Å². The van der Waals surface area contributed by atoms with Gasteiger partial charge in [0.25, 0.3) is 0 Å². The van der Waals surface area contributed by atoms with Crippen molar-refractivity contribution in [3.8, 4) is 22.6 Å². The number of amides is 1. The second-order valence-electron chi connectivity index (χ2n) is 6.63. The van der Waals surface area contributed by atoms with Crippen molar-refractivity contribution < 1.29 is 14.3 Å². The Hall–Kier alpha value is -3.28. The van der Waals surface area contributed by atoms with E-state index in [-0.39, 0.29) is 5.91 Å². The van der Waals surface area contributed by atoms with E-state index in [1.54, 1.807) is 0 Å². The highest BCUT2D eigenvalue weighted by molar-refractivity contribution is 5.94. The fraction of sp³-hybridized carbons (Fsp3) is 0.304. The summed E-state index contributed by atoms with van der Waals surface area (Å²) in [4.78, 5) is 12.5. The topological polar surface area (TPSA) is 76.2 Å². The third-order valence-corrected chi connectivity index (χ3v) is 4.52. The Morgan fingerprint density at radius 1 is 1.03 bits per heavy atom. The zero-order valence-corrected chi connectivity index (χ0v) is 17.1. The van der Waals surface area contributed by atoms with Crippen LogP contribution in [0.4, 0.5) is 5.82 Å². The minimum absolute atomic E-state index is 0.0717. The van der Waals surface area contributed by atoms with Gasteiger partial charge in [0.05, 0.1) is 13.2 Å². The summed E-state index contributed by atoms with van der Waals surface area (Å²) in [6.07, 6.45) is 1.08. The molecule has 0 aliphatic heterocycles. The molecule has 0 fully saturated rings. The van der Waals surface area contributed by atoms with Gasteiger partial charge in [-0.1, -0.05) is 36.4 Å². The fourth-order valence-electron chi connectivity index (χ4n) is 3.18. The number of nitrogens with zero attached hydrogens (tertiary/aromatic N) is 1. The molecule has 0 atom stereocenters. The lowest BCUT2D eigenvalue weighted by Crippen LogP contribution is -2.13. The van der Waals surface area contributed by atoms with Crippen LogP contribution in [0.3, 0.4) is 0 Å². The maximum atomic E-state index is 12.5. The van der Waals surface area contributed by atoms with Crippen LogP contribution < -0.4 is 14.8 Å². The van der Waals surface area contributed by atoms with Gasteiger partial charge >= 0.3 is 0 Å². The number of hydrogen-bond acceptors (Lipinski definition) is 4. The smallest absolute Gasteiger partial charge is 0.225 e. The average molecular weight is 393 g/mol. The number of anilines is 1. The van der Waals surface area contributed by atoms with Gasteiger partial charge in [-0.2, -0.15) is 5.10 Å². The maximum Gasteiger partial charge on any atom is 0.225 e. The number of carbonyl (C=O) groups excluding carboxylic acids is 1. The van der Waals surface area contributed by atoms with Gasteiger partial charge in [-0.3, -0.25) is 9.89 Å². The van der Waals surface area contributed by atoms with Gasteiger partial charge in [0.1, 0.15) is 0 Å². The predicted octanol–water partition coefficient (Wildman–Crippen LogP) is 4.75. The molecule has 6 nitrogen and oxygen atoms in total. The summed E-state index contributed by atoms with van der Waals surface area (Å²) in [5.74, 6) is 1.83. The molecule has 0 bridgehead atoms. The van der Waals surface area contributed by atoms with E-state index >= 15 is 0 Å². The van der Waals surface area contributed by atoms with Gasteiger partial charge in [-0.25, -0.2) is 0 Å². The third-order valence-electron chi connectivity index (χ3n) is 4.52. The van der Waals surface area contributed by atoms with Crippen LogP contribution in [0.1, 0.15) is 31.5 Å². The summed E-state index contributed by atoms with van der Waals surface area (Å²) in [6, 6.07) is 15.7. The van der Waals surface area contributed by atoms with E-state index in [2.05, 4.69) is 15.5 Å². The average Bonchev–Trinajstić information content (AvgIpc) is 3.09. The Kier molecular flexibility index (Phi) is 6.89. The molecule has 6 heteroatoms. The molecular weight excluding hydrogens is 366 g/mol. The minimum Gasteiger partial charge on any atom is -0.490 e. The molecule has 0 aliphatic carbocycles. The molecule has 0 unspecified atom stereocenters. The second kappa shape index (κ2) is 9.78. The molecule has 1 aromatic heterocycles. The molecule has 2 aromatic carbocycles. The van der Waals surface area contributed by atoms with Crippen LogP contribution in [0, 0.1) is 6.92 Å². The van der Waals surface area contributed by atoms with E-state index in [0.717, 1.165) is 22.4 Å². The number of aryl methyl sites for hydroxylation is 2. The zero-order chi connectivity index (χ0) is 20.6. The fourth-order valence-corrected chi connectivity index (χ4v) is 3.18. The Bertz CT molecular complexity index is 951. The van der Waals surface area contributed by atoms with E-state index in [1.807, 2.05) is 69.3 Å². The summed E-state index contributed by atoms with van der Waals surface area (Å²) in [6.45, 7) is 6.90. The van der Waals surface area contributed by atoms with Crippen LogP contribution >= 0.6 is 0 Å². The number of carbonyl (C=O) groups is 1. The van der Waals surface area contributed by atoms with Crippen molar-refractivity contribution in [1.29, 1.82) is 0 Å². The van der Waals surface area contributed by atoms with E-state index in [4.69, 9.17) is 9.47 Å². The number of H-pyrrole nitrogens is 1. The summed E-state index contributed by atoms with van der Waals surface area (Å²) < 4.78 is 11.4. The van der Waals surface area contributed by atoms with Crippen LogP contribution in [0.25, 0.3) is 11.1 Å². The largest absolute Gasteiger partial charge is 0.490 e. The highest BCUT2D eigenvalue weighted by atomic mass is 16.5. The van der Waals surface area contributed by atoms with Crippen molar-refractivity contribution in [3.63, 3.8) is 0 Å². The van der Waals surface area contributed by atoms with Crippen LogP contribution in [0.5, 0.6) is 11.5 Å². The Labute approximate surface area is 171 Å². The highest BCUT2D eigenvalue weighted by Gasteiger charge is 2.17. The summed E-state index contributed by atoms with van der Waals surface area (Å²) in [5.41, 5.74) is 3.76. The van der Waals surface area contributed by atoms with Gasteiger partial charge in [-0.15, -0.1) is 0 Å². The van der Waals surface area contributed by atoms with Gasteiger partial charge in [0.2, 0.25) is 5.91 Å². The first kappa shape index (κ1) is 20.5. The van der Waals surface area contributed by atoms with Gasteiger partial charge in [0, 0.05) is 17.7 Å². The van der Waals surface area contributed by atoms with E-state index < -0.39 is 0 Å². The van der Waals surface area contributed by atoms with Crippen LogP contribution in [-0.2, 0) is 11.2 Å². The number of aromatic amines is 1. The first-order valence-corrected chi connectivity index (χ1v) is 9.91. The summed E-state index contributed by atoms with van der Waals surface area (Å²) in [5, 5.41) is 10.2. The monoisotopic (exact) mass is 393 g/mol. The number of rotatable bonds is 9. The van der Waals surface area contributed by atoms with Crippen LogP contribution in [0.2, 0.25) is 0 Å². The number of ether oxygens (including phenoxy) is 2. The SMILES string of the molecule is CCOc1ccc(-c2c(NC(=O)CCc3ccccc3)n[nH]c2C)cc1OCC. The minimum atomic E-state index is -0.0717. The van der Waals surface area contributed by atoms with Gasteiger partial charge in [0.15, 0.2) is 17.3 Å². The van der Waals surface area contributed by atoms with Crippen molar-refractivity contribution in [2.75, 3.05) is 18.5 Å². The number of hydrogen-bond donors (Lipinski definition) is 2. The molecule has 2 N–H and O–H groups in total. The van der Waals surface area contributed by atoms with Crippen molar-refractivity contribution in [2.24, 2.45) is 0 Å². The molecular formula is C23H27N3O3. The van der Waals surface area contributed by atoms with Crippen molar-refractivity contribution in [2.45, 2.75) is 33.6 Å². The maximum absolute atomic E-state index is 12.5. The first-order valence-electron chi connectivity index (χ1n) is 9.91. The molecule has 0 spiro atoms. The number of aromatic nitrogens is 2. The molecule has 29 heavy (non-hydrogen) atoms. The molecule has 3 rings (SSSR count). The predicted molar refractivity (Wildman–Crippen MR) is 114 cm³/mol. The Balaban J connectivity index is 1.78. The molecule has 0 radical (unpaired) electrons. The Morgan fingerprint density at radius 3 is 2.48 bits per heavy atom. The van der Waals surface area contributed by atoms with E-state index in [0.29, 0.717) is 43.4 Å². The molecule has 152 valence electrons. The second-order valence-corrected chi connectivity index (χ2v) is 6.63. The lowest BCUT2D eigenvalue weighted by molar-refractivity contribution is -0.116. The highest BCUT2D eigenvalue weighted by Crippen LogP contribution is 2.36. The van der Waals surface area contributed by atoms with Crippen LogP contribution in [0.15, 0.2) is 48.5 Å². The molecule has 1 amide bonds. The zero-order valence-electron chi connectivity index (χ0n) is 17.1. The molecule has 3 aromatic rings. The summed E-state index contributed by atoms with van der Waals surface area (Å²) in [7, 11) is 0. The van der Waals surface area contributed by atoms with Crippen molar-refractivity contribution in [3.05, 3.63) is 59.8 Å². The standard InChI is InChI=1S/C23H27N3O3/c1-4-28-19-13-12-18(15-20(19)29-5-2)22-16(3)25-26-23(22)24-21(27)14-11-17-9-7-6-8-10-17/h6-10,12-13,15H,4-5,11,14H2,1-3H3,(H2,24,25,26,27). The molecule has 1 heterocycles. The number of benzene rings is 2. The van der Waals surface area contributed by atoms with Crippen LogP contribution in [-0.4, -0.2) is 29.3 Å². The molecule has 0 aliphatic rings. The molecule has 0 saturated carbocycles.